The lowest BCUT2D eigenvalue weighted by atomic mass is 10.1. The van der Waals surface area contributed by atoms with Crippen molar-refractivity contribution in [3.05, 3.63) is 35.6 Å². The highest BCUT2D eigenvalue weighted by Gasteiger charge is 2.17. The molecule has 1 aromatic carbocycles. The zero-order valence-electron chi connectivity index (χ0n) is 12.1. The second-order valence-corrected chi connectivity index (χ2v) is 5.49. The van der Waals surface area contributed by atoms with Gasteiger partial charge >= 0.3 is 0 Å². The summed E-state index contributed by atoms with van der Waals surface area (Å²) in [5.74, 6) is 0.0717. The summed E-state index contributed by atoms with van der Waals surface area (Å²) in [4.78, 5) is 13.8. The predicted molar refractivity (Wildman–Crippen MR) is 78.0 cm³/mol. The summed E-state index contributed by atoms with van der Waals surface area (Å²) in [6.07, 6.45) is 3.43. The second kappa shape index (κ2) is 7.39. The Labute approximate surface area is 120 Å². The van der Waals surface area contributed by atoms with Crippen LogP contribution in [0, 0.1) is 5.82 Å². The summed E-state index contributed by atoms with van der Waals surface area (Å²) in [7, 11) is 0. The molecule has 4 heteroatoms. The van der Waals surface area contributed by atoms with Crippen LogP contribution in [0.3, 0.4) is 0 Å². The number of likely N-dealkylation sites (tertiary alicyclic amines) is 1. The SMILES string of the molecule is CC(Cc1ccccc1F)NCCC(=O)N1CCCC1. The third kappa shape index (κ3) is 4.30. The van der Waals surface area contributed by atoms with Crippen LogP contribution in [0.5, 0.6) is 0 Å². The number of halogens is 1. The molecule has 1 fully saturated rings. The molecule has 0 bridgehead atoms. The molecule has 0 spiro atoms. The molecule has 1 aliphatic rings. The Morgan fingerprint density at radius 1 is 1.35 bits per heavy atom. The summed E-state index contributed by atoms with van der Waals surface area (Å²) in [5.41, 5.74) is 0.721. The molecule has 1 unspecified atom stereocenters. The van der Waals surface area contributed by atoms with E-state index in [4.69, 9.17) is 0 Å². The van der Waals surface area contributed by atoms with E-state index < -0.39 is 0 Å². The summed E-state index contributed by atoms with van der Waals surface area (Å²) in [6.45, 7) is 4.49. The molecular formula is C16H23FN2O. The average Bonchev–Trinajstić information content (AvgIpc) is 2.95. The van der Waals surface area contributed by atoms with E-state index in [1.54, 1.807) is 6.07 Å². The molecule has 1 atom stereocenters. The third-order valence-electron chi connectivity index (χ3n) is 3.77. The molecule has 0 radical (unpaired) electrons. The van der Waals surface area contributed by atoms with Gasteiger partial charge in [-0.1, -0.05) is 18.2 Å². The Morgan fingerprint density at radius 3 is 2.75 bits per heavy atom. The Balaban J connectivity index is 1.68. The van der Waals surface area contributed by atoms with Crippen LogP contribution in [0.4, 0.5) is 4.39 Å². The molecule has 1 saturated heterocycles. The molecule has 1 aliphatic heterocycles. The molecule has 0 aliphatic carbocycles. The number of benzene rings is 1. The monoisotopic (exact) mass is 278 g/mol. The zero-order valence-corrected chi connectivity index (χ0v) is 12.1. The van der Waals surface area contributed by atoms with Crippen molar-refractivity contribution in [2.45, 2.75) is 38.6 Å². The number of carbonyl (C=O) groups excluding carboxylic acids is 1. The fraction of sp³-hybridized carbons (Fsp3) is 0.562. The zero-order chi connectivity index (χ0) is 14.4. The standard InChI is InChI=1S/C16H23FN2O/c1-13(12-14-6-2-3-7-15(14)17)18-9-8-16(20)19-10-4-5-11-19/h2-3,6-7,13,18H,4-5,8-12H2,1H3. The predicted octanol–water partition coefficient (Wildman–Crippen LogP) is 2.36. The molecule has 3 nitrogen and oxygen atoms in total. The summed E-state index contributed by atoms with van der Waals surface area (Å²) >= 11 is 0. The van der Waals surface area contributed by atoms with E-state index in [9.17, 15) is 9.18 Å². The van der Waals surface area contributed by atoms with Crippen LogP contribution in [-0.2, 0) is 11.2 Å². The van der Waals surface area contributed by atoms with Crippen molar-refractivity contribution in [3.63, 3.8) is 0 Å². The topological polar surface area (TPSA) is 32.3 Å². The Morgan fingerprint density at radius 2 is 2.05 bits per heavy atom. The van der Waals surface area contributed by atoms with Crippen molar-refractivity contribution >= 4 is 5.91 Å². The van der Waals surface area contributed by atoms with E-state index in [0.29, 0.717) is 19.4 Å². The van der Waals surface area contributed by atoms with Crippen LogP contribution in [0.2, 0.25) is 0 Å². The number of amides is 1. The van der Waals surface area contributed by atoms with E-state index in [1.165, 1.54) is 6.07 Å². The summed E-state index contributed by atoms with van der Waals surface area (Å²) < 4.78 is 13.5. The first-order valence-electron chi connectivity index (χ1n) is 7.41. The van der Waals surface area contributed by atoms with Gasteiger partial charge in [0.15, 0.2) is 0 Å². The van der Waals surface area contributed by atoms with Crippen molar-refractivity contribution < 1.29 is 9.18 Å². The van der Waals surface area contributed by atoms with Crippen LogP contribution in [0.15, 0.2) is 24.3 Å². The van der Waals surface area contributed by atoms with Gasteiger partial charge in [-0.15, -0.1) is 0 Å². The van der Waals surface area contributed by atoms with Crippen molar-refractivity contribution in [2.24, 2.45) is 0 Å². The average molecular weight is 278 g/mol. The molecule has 110 valence electrons. The molecule has 2 rings (SSSR count). The van der Waals surface area contributed by atoms with E-state index in [0.717, 1.165) is 31.5 Å². The normalized spacial score (nSPS) is 16.4. The van der Waals surface area contributed by atoms with Gasteiger partial charge in [0.2, 0.25) is 5.91 Å². The number of rotatable bonds is 6. The van der Waals surface area contributed by atoms with Crippen molar-refractivity contribution in [3.8, 4) is 0 Å². The number of hydrogen-bond acceptors (Lipinski definition) is 2. The van der Waals surface area contributed by atoms with Gasteiger partial charge in [-0.05, 0) is 37.8 Å². The largest absolute Gasteiger partial charge is 0.343 e. The van der Waals surface area contributed by atoms with E-state index in [-0.39, 0.29) is 17.8 Å². The van der Waals surface area contributed by atoms with Gasteiger partial charge < -0.3 is 10.2 Å². The van der Waals surface area contributed by atoms with Crippen LogP contribution in [-0.4, -0.2) is 36.5 Å². The van der Waals surface area contributed by atoms with E-state index >= 15 is 0 Å². The Hall–Kier alpha value is -1.42. The molecule has 0 saturated carbocycles. The first-order chi connectivity index (χ1) is 9.66. The lowest BCUT2D eigenvalue weighted by molar-refractivity contribution is -0.130. The van der Waals surface area contributed by atoms with Crippen LogP contribution >= 0.6 is 0 Å². The van der Waals surface area contributed by atoms with Crippen molar-refractivity contribution in [1.82, 2.24) is 10.2 Å². The number of nitrogens with one attached hydrogen (secondary N) is 1. The first-order valence-corrected chi connectivity index (χ1v) is 7.41. The lowest BCUT2D eigenvalue weighted by Crippen LogP contribution is -2.34. The number of hydrogen-bond donors (Lipinski definition) is 1. The van der Waals surface area contributed by atoms with Crippen molar-refractivity contribution in [2.75, 3.05) is 19.6 Å². The molecule has 1 N–H and O–H groups in total. The summed E-state index contributed by atoms with van der Waals surface area (Å²) in [6, 6.07) is 7.01. The summed E-state index contributed by atoms with van der Waals surface area (Å²) in [5, 5.41) is 3.30. The Bertz CT molecular complexity index is 444. The van der Waals surface area contributed by atoms with Crippen LogP contribution in [0.1, 0.15) is 31.7 Å². The molecule has 1 aromatic rings. The van der Waals surface area contributed by atoms with Gasteiger partial charge in [0, 0.05) is 32.1 Å². The van der Waals surface area contributed by atoms with Gasteiger partial charge in [0.25, 0.3) is 0 Å². The minimum absolute atomic E-state index is 0.158. The lowest BCUT2D eigenvalue weighted by Gasteiger charge is -2.17. The van der Waals surface area contributed by atoms with E-state index in [1.807, 2.05) is 24.0 Å². The van der Waals surface area contributed by atoms with E-state index in [2.05, 4.69) is 5.32 Å². The maximum absolute atomic E-state index is 13.5. The molecule has 0 aromatic heterocycles. The van der Waals surface area contributed by atoms with Crippen molar-refractivity contribution in [1.29, 1.82) is 0 Å². The minimum Gasteiger partial charge on any atom is -0.343 e. The molecule has 1 heterocycles. The fourth-order valence-electron chi connectivity index (χ4n) is 2.62. The molecular weight excluding hydrogens is 255 g/mol. The second-order valence-electron chi connectivity index (χ2n) is 5.49. The van der Waals surface area contributed by atoms with Crippen LogP contribution < -0.4 is 5.32 Å². The van der Waals surface area contributed by atoms with Crippen LogP contribution in [0.25, 0.3) is 0 Å². The first kappa shape index (κ1) is 15.0. The number of nitrogens with zero attached hydrogens (tertiary/aromatic N) is 1. The van der Waals surface area contributed by atoms with Gasteiger partial charge in [-0.3, -0.25) is 4.79 Å². The maximum Gasteiger partial charge on any atom is 0.223 e. The highest BCUT2D eigenvalue weighted by molar-refractivity contribution is 5.76. The quantitative estimate of drug-likeness (QED) is 0.866. The smallest absolute Gasteiger partial charge is 0.223 e. The van der Waals surface area contributed by atoms with Gasteiger partial charge in [0.05, 0.1) is 0 Å². The van der Waals surface area contributed by atoms with Gasteiger partial charge in [0.1, 0.15) is 5.82 Å². The highest BCUT2D eigenvalue weighted by Crippen LogP contribution is 2.10. The highest BCUT2D eigenvalue weighted by atomic mass is 19.1. The van der Waals surface area contributed by atoms with Gasteiger partial charge in [-0.2, -0.15) is 0 Å². The minimum atomic E-state index is -0.158. The third-order valence-corrected chi connectivity index (χ3v) is 3.77. The molecule has 1 amide bonds. The Kier molecular flexibility index (Phi) is 5.53. The fourth-order valence-corrected chi connectivity index (χ4v) is 2.62. The number of carbonyl (C=O) groups is 1. The molecule has 20 heavy (non-hydrogen) atoms. The maximum atomic E-state index is 13.5. The van der Waals surface area contributed by atoms with Gasteiger partial charge in [-0.25, -0.2) is 4.39 Å².